The number of para-hydroxylation sites is 1. The maximum absolute atomic E-state index is 13.3. The number of amides is 1. The van der Waals surface area contributed by atoms with Crippen LogP contribution in [0.3, 0.4) is 0 Å². The van der Waals surface area contributed by atoms with Gasteiger partial charge in [-0.1, -0.05) is 32.0 Å². The van der Waals surface area contributed by atoms with Crippen LogP contribution in [0.2, 0.25) is 0 Å². The summed E-state index contributed by atoms with van der Waals surface area (Å²) in [6.07, 6.45) is 3.15. The minimum absolute atomic E-state index is 0.106. The monoisotopic (exact) mass is 382 g/mol. The number of nitrogens with one attached hydrogen (secondary N) is 2. The molecule has 2 aromatic carbocycles. The molecule has 0 fully saturated rings. The lowest BCUT2D eigenvalue weighted by atomic mass is 10.0. The summed E-state index contributed by atoms with van der Waals surface area (Å²) in [6, 6.07) is 10.7. The largest absolute Gasteiger partial charge is 0.324 e. The second-order valence-corrected chi connectivity index (χ2v) is 6.13. The van der Waals surface area contributed by atoms with Gasteiger partial charge in [0.15, 0.2) is 11.6 Å². The smallest absolute Gasteiger partial charge is 0.274 e. The fourth-order valence-electron chi connectivity index (χ4n) is 2.83. The fourth-order valence-corrected chi connectivity index (χ4v) is 2.83. The third-order valence-electron chi connectivity index (χ3n) is 4.30. The third-order valence-corrected chi connectivity index (χ3v) is 4.30. The van der Waals surface area contributed by atoms with E-state index in [4.69, 9.17) is 0 Å². The van der Waals surface area contributed by atoms with Crippen molar-refractivity contribution in [3.63, 3.8) is 0 Å². The first kappa shape index (κ1) is 19.4. The molecule has 0 aliphatic heterocycles. The Bertz CT molecular complexity index is 985. The van der Waals surface area contributed by atoms with Gasteiger partial charge in [0, 0.05) is 23.6 Å². The van der Waals surface area contributed by atoms with Crippen molar-refractivity contribution >= 4 is 23.2 Å². The summed E-state index contributed by atoms with van der Waals surface area (Å²) in [6.45, 7) is 4.12. The van der Waals surface area contributed by atoms with Crippen LogP contribution in [0.25, 0.3) is 0 Å². The molecule has 3 rings (SSSR count). The molecule has 144 valence electrons. The first-order valence-corrected chi connectivity index (χ1v) is 8.99. The maximum Gasteiger partial charge on any atom is 0.274 e. The molecule has 0 bridgehead atoms. The minimum Gasteiger partial charge on any atom is -0.324 e. The van der Waals surface area contributed by atoms with E-state index in [2.05, 4.69) is 34.4 Å². The zero-order chi connectivity index (χ0) is 20.1. The summed E-state index contributed by atoms with van der Waals surface area (Å²) in [5.74, 6) is -2.27. The number of aromatic nitrogens is 2. The number of halogens is 2. The van der Waals surface area contributed by atoms with Crippen molar-refractivity contribution in [2.45, 2.75) is 26.7 Å². The molecule has 2 N–H and O–H groups in total. The van der Waals surface area contributed by atoms with Crippen LogP contribution >= 0.6 is 0 Å². The van der Waals surface area contributed by atoms with Gasteiger partial charge in [0.25, 0.3) is 5.91 Å². The average Bonchev–Trinajstić information content (AvgIpc) is 2.71. The van der Waals surface area contributed by atoms with Crippen LogP contribution in [-0.4, -0.2) is 15.9 Å². The average molecular weight is 382 g/mol. The Hall–Kier alpha value is -3.35. The highest BCUT2D eigenvalue weighted by molar-refractivity contribution is 6.03. The molecule has 0 aliphatic carbocycles. The molecule has 0 unspecified atom stereocenters. The van der Waals surface area contributed by atoms with E-state index in [1.165, 1.54) is 18.3 Å². The summed E-state index contributed by atoms with van der Waals surface area (Å²) in [7, 11) is 0. The van der Waals surface area contributed by atoms with Gasteiger partial charge in [0.05, 0.1) is 0 Å². The van der Waals surface area contributed by atoms with Gasteiger partial charge in [-0.05, 0) is 42.2 Å². The molecular formula is C21H20F2N4O. The Kier molecular flexibility index (Phi) is 5.93. The van der Waals surface area contributed by atoms with Crippen molar-refractivity contribution in [1.29, 1.82) is 0 Å². The predicted octanol–water partition coefficient (Wildman–Crippen LogP) is 4.88. The van der Waals surface area contributed by atoms with Gasteiger partial charge in [0.2, 0.25) is 5.95 Å². The maximum atomic E-state index is 13.3. The van der Waals surface area contributed by atoms with Crippen LogP contribution in [-0.2, 0) is 12.8 Å². The van der Waals surface area contributed by atoms with Gasteiger partial charge < -0.3 is 10.6 Å². The van der Waals surface area contributed by atoms with Crippen molar-refractivity contribution in [2.75, 3.05) is 10.6 Å². The van der Waals surface area contributed by atoms with E-state index in [1.807, 2.05) is 18.2 Å². The van der Waals surface area contributed by atoms with E-state index in [9.17, 15) is 13.6 Å². The summed E-state index contributed by atoms with van der Waals surface area (Å²) >= 11 is 0. The summed E-state index contributed by atoms with van der Waals surface area (Å²) in [5.41, 5.74) is 3.43. The van der Waals surface area contributed by atoms with Crippen LogP contribution in [0.15, 0.2) is 48.7 Å². The highest BCUT2D eigenvalue weighted by Gasteiger charge is 2.13. The number of aryl methyl sites for hydroxylation is 2. The van der Waals surface area contributed by atoms with E-state index in [1.54, 1.807) is 0 Å². The summed E-state index contributed by atoms with van der Waals surface area (Å²) in [5, 5.41) is 5.71. The Morgan fingerprint density at radius 2 is 1.71 bits per heavy atom. The third kappa shape index (κ3) is 4.31. The predicted molar refractivity (Wildman–Crippen MR) is 105 cm³/mol. The van der Waals surface area contributed by atoms with Gasteiger partial charge in [-0.3, -0.25) is 4.79 Å². The molecule has 0 saturated carbocycles. The molecule has 0 atom stereocenters. The van der Waals surface area contributed by atoms with Gasteiger partial charge in [-0.2, -0.15) is 0 Å². The van der Waals surface area contributed by atoms with Crippen molar-refractivity contribution in [2.24, 2.45) is 0 Å². The van der Waals surface area contributed by atoms with Crippen molar-refractivity contribution in [3.05, 3.63) is 77.1 Å². The fraction of sp³-hybridized carbons (Fsp3) is 0.190. The van der Waals surface area contributed by atoms with Crippen LogP contribution in [0.4, 0.5) is 26.1 Å². The van der Waals surface area contributed by atoms with Crippen LogP contribution < -0.4 is 10.6 Å². The number of carbonyl (C=O) groups excluding carboxylic acids is 1. The van der Waals surface area contributed by atoms with Crippen molar-refractivity contribution in [3.8, 4) is 0 Å². The highest BCUT2D eigenvalue weighted by atomic mass is 19.2. The van der Waals surface area contributed by atoms with E-state index in [-0.39, 0.29) is 17.3 Å². The molecular weight excluding hydrogens is 362 g/mol. The quantitative estimate of drug-likeness (QED) is 0.638. The zero-order valence-electron chi connectivity index (χ0n) is 15.6. The molecule has 3 aromatic rings. The van der Waals surface area contributed by atoms with Gasteiger partial charge >= 0.3 is 0 Å². The number of benzene rings is 2. The van der Waals surface area contributed by atoms with Crippen LogP contribution in [0, 0.1) is 11.6 Å². The first-order valence-electron chi connectivity index (χ1n) is 8.99. The number of hydrogen-bond acceptors (Lipinski definition) is 4. The molecule has 0 spiro atoms. The summed E-state index contributed by atoms with van der Waals surface area (Å²) in [4.78, 5) is 20.9. The Balaban J connectivity index is 1.83. The topological polar surface area (TPSA) is 66.9 Å². The normalized spacial score (nSPS) is 10.6. The molecule has 1 aromatic heterocycles. The van der Waals surface area contributed by atoms with E-state index < -0.39 is 17.5 Å². The van der Waals surface area contributed by atoms with Gasteiger partial charge in [0.1, 0.15) is 5.69 Å². The molecule has 0 aliphatic rings. The lowest BCUT2D eigenvalue weighted by Gasteiger charge is -2.14. The Morgan fingerprint density at radius 1 is 1.00 bits per heavy atom. The van der Waals surface area contributed by atoms with Crippen molar-refractivity contribution in [1.82, 2.24) is 9.97 Å². The zero-order valence-corrected chi connectivity index (χ0v) is 15.6. The van der Waals surface area contributed by atoms with Gasteiger partial charge in [-0.25, -0.2) is 18.7 Å². The van der Waals surface area contributed by atoms with Crippen LogP contribution in [0.1, 0.15) is 35.5 Å². The van der Waals surface area contributed by atoms with E-state index >= 15 is 0 Å². The number of carbonyl (C=O) groups is 1. The number of hydrogen-bond donors (Lipinski definition) is 2. The lowest BCUT2D eigenvalue weighted by Crippen LogP contribution is -2.15. The van der Waals surface area contributed by atoms with E-state index in [0.717, 1.165) is 41.8 Å². The molecule has 28 heavy (non-hydrogen) atoms. The number of anilines is 3. The highest BCUT2D eigenvalue weighted by Crippen LogP contribution is 2.25. The second-order valence-electron chi connectivity index (χ2n) is 6.13. The minimum atomic E-state index is -1.04. The Morgan fingerprint density at radius 3 is 2.36 bits per heavy atom. The summed E-state index contributed by atoms with van der Waals surface area (Å²) < 4.78 is 26.3. The van der Waals surface area contributed by atoms with Gasteiger partial charge in [-0.15, -0.1) is 0 Å². The van der Waals surface area contributed by atoms with Crippen molar-refractivity contribution < 1.29 is 13.6 Å². The standard InChI is InChI=1S/C21H20F2N4O/c1-3-13-6-5-7-14(4-2)19(13)27-21-24-11-10-18(26-21)20(28)25-15-8-9-16(22)17(23)12-15/h5-12H,3-4H2,1-2H3,(H,25,28)(H,24,26,27). The molecule has 0 saturated heterocycles. The molecule has 7 heteroatoms. The molecule has 5 nitrogen and oxygen atoms in total. The first-order chi connectivity index (χ1) is 13.5. The second kappa shape index (κ2) is 8.56. The molecule has 0 radical (unpaired) electrons. The van der Waals surface area contributed by atoms with Crippen LogP contribution in [0.5, 0.6) is 0 Å². The SMILES string of the molecule is CCc1cccc(CC)c1Nc1nccc(C(=O)Nc2ccc(F)c(F)c2)n1. The van der Waals surface area contributed by atoms with E-state index in [0.29, 0.717) is 0 Å². The molecule has 1 heterocycles. The molecule has 1 amide bonds. The number of rotatable bonds is 6. The number of nitrogens with zero attached hydrogens (tertiary/aromatic N) is 2. The Labute approximate surface area is 161 Å². The lowest BCUT2D eigenvalue weighted by molar-refractivity contribution is 0.102.